The van der Waals surface area contributed by atoms with Gasteiger partial charge in [-0.3, -0.25) is 9.78 Å². The van der Waals surface area contributed by atoms with E-state index in [-0.39, 0.29) is 21.3 Å². The topological polar surface area (TPSA) is 85.6 Å². The standard InChI is InChI=1S/C19H10BrCl2FN6O/c20-14-9-24-2-1-11(14)12-7-17(23)13(6-15(12)21)19(30)28-10-5-16(22)18(25-8-10)29-26-3-4-27-29/h1-9H,(H,28,30). The number of anilines is 1. The third-order valence-electron chi connectivity index (χ3n) is 4.05. The summed E-state index contributed by atoms with van der Waals surface area (Å²) in [6.45, 7) is 0. The summed E-state index contributed by atoms with van der Waals surface area (Å²) in [5, 5.41) is 10.9. The summed E-state index contributed by atoms with van der Waals surface area (Å²) >= 11 is 15.9. The van der Waals surface area contributed by atoms with Gasteiger partial charge in [0.05, 0.1) is 34.9 Å². The summed E-state index contributed by atoms with van der Waals surface area (Å²) in [6, 6.07) is 5.63. The van der Waals surface area contributed by atoms with Crippen LogP contribution in [0.2, 0.25) is 10.0 Å². The highest BCUT2D eigenvalue weighted by molar-refractivity contribution is 9.10. The normalized spacial score (nSPS) is 10.8. The van der Waals surface area contributed by atoms with Crippen molar-refractivity contribution in [3.63, 3.8) is 0 Å². The van der Waals surface area contributed by atoms with Gasteiger partial charge < -0.3 is 5.32 Å². The molecule has 1 N–H and O–H groups in total. The Labute approximate surface area is 188 Å². The Hall–Kier alpha value is -2.88. The monoisotopic (exact) mass is 506 g/mol. The van der Waals surface area contributed by atoms with Crippen LogP contribution in [0.5, 0.6) is 0 Å². The van der Waals surface area contributed by atoms with Gasteiger partial charge in [-0.1, -0.05) is 23.2 Å². The molecule has 0 bridgehead atoms. The minimum atomic E-state index is -0.730. The lowest BCUT2D eigenvalue weighted by Crippen LogP contribution is -2.14. The Bertz CT molecular complexity index is 1250. The molecule has 30 heavy (non-hydrogen) atoms. The molecule has 0 spiro atoms. The summed E-state index contributed by atoms with van der Waals surface area (Å²) < 4.78 is 15.4. The lowest BCUT2D eigenvalue weighted by atomic mass is 10.0. The molecular formula is C19H10BrCl2FN6O. The van der Waals surface area contributed by atoms with Crippen molar-refractivity contribution in [2.24, 2.45) is 0 Å². The van der Waals surface area contributed by atoms with Crippen LogP contribution in [0.4, 0.5) is 10.1 Å². The van der Waals surface area contributed by atoms with Crippen molar-refractivity contribution < 1.29 is 9.18 Å². The maximum absolute atomic E-state index is 14.7. The van der Waals surface area contributed by atoms with Crippen molar-refractivity contribution in [1.82, 2.24) is 25.0 Å². The van der Waals surface area contributed by atoms with E-state index in [9.17, 15) is 9.18 Å². The zero-order valence-corrected chi connectivity index (χ0v) is 18.0. The number of nitrogens with one attached hydrogen (secondary N) is 1. The third kappa shape index (κ3) is 4.04. The molecule has 3 aromatic heterocycles. The first-order chi connectivity index (χ1) is 14.4. The molecule has 0 unspecified atom stereocenters. The molecule has 7 nitrogen and oxygen atoms in total. The predicted octanol–water partition coefficient (Wildman–Crippen LogP) is 5.19. The lowest BCUT2D eigenvalue weighted by molar-refractivity contribution is 0.102. The van der Waals surface area contributed by atoms with Gasteiger partial charge in [-0.25, -0.2) is 9.37 Å². The van der Waals surface area contributed by atoms with Gasteiger partial charge in [-0.2, -0.15) is 10.2 Å². The van der Waals surface area contributed by atoms with Crippen molar-refractivity contribution in [2.45, 2.75) is 0 Å². The smallest absolute Gasteiger partial charge is 0.258 e. The quantitative estimate of drug-likeness (QED) is 0.411. The van der Waals surface area contributed by atoms with Gasteiger partial charge in [0.2, 0.25) is 0 Å². The minimum Gasteiger partial charge on any atom is -0.320 e. The second kappa shape index (κ2) is 8.47. The highest BCUT2D eigenvalue weighted by atomic mass is 79.9. The maximum Gasteiger partial charge on any atom is 0.258 e. The highest BCUT2D eigenvalue weighted by Crippen LogP contribution is 2.34. The number of carbonyl (C=O) groups excluding carboxylic acids is 1. The van der Waals surface area contributed by atoms with Crippen LogP contribution in [-0.4, -0.2) is 30.9 Å². The largest absolute Gasteiger partial charge is 0.320 e. The van der Waals surface area contributed by atoms with Crippen molar-refractivity contribution in [3.8, 4) is 16.9 Å². The third-order valence-corrected chi connectivity index (χ3v) is 5.27. The van der Waals surface area contributed by atoms with Gasteiger partial charge in [-0.15, -0.1) is 4.80 Å². The Morgan fingerprint density at radius 3 is 2.50 bits per heavy atom. The molecule has 0 aliphatic rings. The molecule has 1 amide bonds. The lowest BCUT2D eigenvalue weighted by Gasteiger charge is -2.11. The number of nitrogens with zero attached hydrogens (tertiary/aromatic N) is 5. The number of rotatable bonds is 4. The molecule has 1 aromatic carbocycles. The van der Waals surface area contributed by atoms with Crippen LogP contribution in [0.25, 0.3) is 16.9 Å². The first-order valence-electron chi connectivity index (χ1n) is 8.36. The Morgan fingerprint density at radius 2 is 1.80 bits per heavy atom. The van der Waals surface area contributed by atoms with E-state index in [4.69, 9.17) is 23.2 Å². The van der Waals surface area contributed by atoms with Gasteiger partial charge in [0.25, 0.3) is 5.91 Å². The van der Waals surface area contributed by atoms with Crippen molar-refractivity contribution in [2.75, 3.05) is 5.32 Å². The van der Waals surface area contributed by atoms with Gasteiger partial charge in [0.15, 0.2) is 5.82 Å². The van der Waals surface area contributed by atoms with Crippen LogP contribution in [0, 0.1) is 5.82 Å². The van der Waals surface area contributed by atoms with Crippen LogP contribution in [-0.2, 0) is 0 Å². The van der Waals surface area contributed by atoms with E-state index in [1.54, 1.807) is 18.5 Å². The van der Waals surface area contributed by atoms with E-state index in [2.05, 4.69) is 41.4 Å². The highest BCUT2D eigenvalue weighted by Gasteiger charge is 2.18. The number of aromatic nitrogens is 5. The van der Waals surface area contributed by atoms with Crippen LogP contribution < -0.4 is 5.32 Å². The fourth-order valence-electron chi connectivity index (χ4n) is 2.69. The molecule has 3 heterocycles. The average Bonchev–Trinajstić information content (AvgIpc) is 3.24. The zero-order chi connectivity index (χ0) is 21.3. The van der Waals surface area contributed by atoms with E-state index in [0.717, 1.165) is 0 Å². The number of hydrogen-bond acceptors (Lipinski definition) is 5. The molecule has 4 rings (SSSR count). The number of benzene rings is 1. The molecule has 4 aromatic rings. The fourth-order valence-corrected chi connectivity index (χ4v) is 3.66. The summed E-state index contributed by atoms with van der Waals surface area (Å²) in [4.78, 5) is 21.9. The molecule has 0 atom stereocenters. The van der Waals surface area contributed by atoms with Crippen molar-refractivity contribution >= 4 is 50.7 Å². The number of carbonyl (C=O) groups is 1. The summed E-state index contributed by atoms with van der Waals surface area (Å²) in [5.74, 6) is -1.13. The molecule has 11 heteroatoms. The Balaban J connectivity index is 1.60. The van der Waals surface area contributed by atoms with Gasteiger partial charge in [0, 0.05) is 33.0 Å². The predicted molar refractivity (Wildman–Crippen MR) is 114 cm³/mol. The first kappa shape index (κ1) is 20.4. The molecule has 0 aliphatic heterocycles. The molecule has 150 valence electrons. The number of amides is 1. The van der Waals surface area contributed by atoms with Crippen molar-refractivity contribution in [1.29, 1.82) is 0 Å². The summed E-state index contributed by atoms with van der Waals surface area (Å²) in [6.07, 6.45) is 7.46. The van der Waals surface area contributed by atoms with Gasteiger partial charge in [-0.05, 0) is 40.2 Å². The van der Waals surface area contributed by atoms with E-state index < -0.39 is 11.7 Å². The Morgan fingerprint density at radius 1 is 1.03 bits per heavy atom. The molecule has 0 saturated heterocycles. The van der Waals surface area contributed by atoms with Crippen LogP contribution in [0.15, 0.2) is 59.7 Å². The zero-order valence-electron chi connectivity index (χ0n) is 14.9. The second-order valence-corrected chi connectivity index (χ2v) is 7.64. The van der Waals surface area contributed by atoms with Crippen molar-refractivity contribution in [3.05, 3.63) is 81.1 Å². The minimum absolute atomic E-state index is 0.209. The fraction of sp³-hybridized carbons (Fsp3) is 0. The second-order valence-electron chi connectivity index (χ2n) is 5.97. The van der Waals surface area contributed by atoms with E-state index in [1.165, 1.54) is 41.6 Å². The molecule has 0 aliphatic carbocycles. The van der Waals surface area contributed by atoms with E-state index in [1.807, 2.05) is 0 Å². The van der Waals surface area contributed by atoms with Crippen LogP contribution in [0.1, 0.15) is 10.4 Å². The summed E-state index contributed by atoms with van der Waals surface area (Å²) in [5.41, 5.74) is 1.14. The van der Waals surface area contributed by atoms with E-state index >= 15 is 0 Å². The first-order valence-corrected chi connectivity index (χ1v) is 9.91. The average molecular weight is 508 g/mol. The summed E-state index contributed by atoms with van der Waals surface area (Å²) in [7, 11) is 0. The molecule has 0 radical (unpaired) electrons. The number of halogens is 4. The molecular weight excluding hydrogens is 498 g/mol. The molecule has 0 fully saturated rings. The van der Waals surface area contributed by atoms with Crippen LogP contribution in [0.3, 0.4) is 0 Å². The number of hydrogen-bond donors (Lipinski definition) is 1. The van der Waals surface area contributed by atoms with Crippen LogP contribution >= 0.6 is 39.1 Å². The SMILES string of the molecule is O=C(Nc1cnc(-n2nccn2)c(Cl)c1)c1cc(Cl)c(-c2ccncc2Br)cc1F. The Kier molecular flexibility index (Phi) is 5.76. The number of pyridine rings is 2. The molecule has 0 saturated carbocycles. The maximum atomic E-state index is 14.7. The van der Waals surface area contributed by atoms with E-state index in [0.29, 0.717) is 21.4 Å². The van der Waals surface area contributed by atoms with Gasteiger partial charge >= 0.3 is 0 Å². The van der Waals surface area contributed by atoms with Gasteiger partial charge in [0.1, 0.15) is 5.82 Å².